The van der Waals surface area contributed by atoms with Crippen LogP contribution in [0.3, 0.4) is 0 Å². The van der Waals surface area contributed by atoms with Crippen LogP contribution >= 0.6 is 11.6 Å². The van der Waals surface area contributed by atoms with E-state index in [1.807, 2.05) is 59.5 Å². The summed E-state index contributed by atoms with van der Waals surface area (Å²) in [6.45, 7) is 1.42. The van der Waals surface area contributed by atoms with E-state index in [0.29, 0.717) is 31.5 Å². The lowest BCUT2D eigenvalue weighted by molar-refractivity contribution is 0.0702. The number of amides is 2. The summed E-state index contributed by atoms with van der Waals surface area (Å²) in [5, 5.41) is 2.82. The van der Waals surface area contributed by atoms with Crippen molar-refractivity contribution in [2.45, 2.75) is 18.9 Å². The monoisotopic (exact) mass is 386 g/mol. The smallest absolute Gasteiger partial charge is 0.407 e. The molecule has 1 heterocycles. The van der Waals surface area contributed by atoms with Crippen LogP contribution in [0.15, 0.2) is 54.6 Å². The Bertz CT molecular complexity index is 757. The van der Waals surface area contributed by atoms with E-state index in [4.69, 9.17) is 16.3 Å². The molecule has 0 aliphatic carbocycles. The van der Waals surface area contributed by atoms with E-state index in [9.17, 15) is 9.59 Å². The van der Waals surface area contributed by atoms with Crippen molar-refractivity contribution in [3.8, 4) is 11.1 Å². The molecule has 2 aromatic carbocycles. The number of alkyl carbamates (subject to hydrolysis) is 1. The van der Waals surface area contributed by atoms with E-state index in [1.165, 1.54) is 0 Å². The van der Waals surface area contributed by atoms with Crippen LogP contribution in [0.1, 0.15) is 23.2 Å². The van der Waals surface area contributed by atoms with Gasteiger partial charge in [-0.1, -0.05) is 42.5 Å². The van der Waals surface area contributed by atoms with Gasteiger partial charge in [-0.05, 0) is 36.1 Å². The number of benzene rings is 2. The Kier molecular flexibility index (Phi) is 6.71. The van der Waals surface area contributed by atoms with E-state index in [1.54, 1.807) is 0 Å². The molecular weight excluding hydrogens is 364 g/mol. The number of hydrogen-bond donors (Lipinski definition) is 1. The molecule has 0 bridgehead atoms. The molecule has 0 radical (unpaired) electrons. The summed E-state index contributed by atoms with van der Waals surface area (Å²) in [5.74, 6) is 0.307. The lowest BCUT2D eigenvalue weighted by atomic mass is 10.0. The quantitative estimate of drug-likeness (QED) is 0.792. The maximum Gasteiger partial charge on any atom is 0.407 e. The SMILES string of the molecule is O=C(NC1CCN(C(=O)c2ccc(-c3ccccc3)cc2)CC1)OCCCl. The average molecular weight is 387 g/mol. The van der Waals surface area contributed by atoms with Crippen molar-refractivity contribution in [1.82, 2.24) is 10.2 Å². The van der Waals surface area contributed by atoms with Crippen LogP contribution in [-0.4, -0.2) is 48.5 Å². The van der Waals surface area contributed by atoms with Gasteiger partial charge in [0.15, 0.2) is 0 Å². The highest BCUT2D eigenvalue weighted by atomic mass is 35.5. The van der Waals surface area contributed by atoms with E-state index in [0.717, 1.165) is 11.1 Å². The Morgan fingerprint density at radius 1 is 1.00 bits per heavy atom. The molecule has 142 valence electrons. The van der Waals surface area contributed by atoms with Gasteiger partial charge >= 0.3 is 6.09 Å². The number of piperidine rings is 1. The second-order valence-electron chi connectivity index (χ2n) is 6.48. The number of carbonyl (C=O) groups is 2. The van der Waals surface area contributed by atoms with Gasteiger partial charge in [0.25, 0.3) is 5.91 Å². The van der Waals surface area contributed by atoms with E-state index >= 15 is 0 Å². The Morgan fingerprint density at radius 3 is 2.26 bits per heavy atom. The molecule has 2 amide bonds. The Labute approximate surface area is 164 Å². The van der Waals surface area contributed by atoms with Gasteiger partial charge < -0.3 is 15.0 Å². The van der Waals surface area contributed by atoms with Crippen molar-refractivity contribution in [1.29, 1.82) is 0 Å². The number of alkyl halides is 1. The van der Waals surface area contributed by atoms with Gasteiger partial charge in [0.05, 0.1) is 5.88 Å². The summed E-state index contributed by atoms with van der Waals surface area (Å²) >= 11 is 5.50. The number of nitrogens with zero attached hydrogens (tertiary/aromatic N) is 1. The zero-order valence-corrected chi connectivity index (χ0v) is 15.8. The van der Waals surface area contributed by atoms with Gasteiger partial charge in [-0.2, -0.15) is 0 Å². The number of rotatable bonds is 5. The number of halogens is 1. The van der Waals surface area contributed by atoms with Crippen LogP contribution in [0.5, 0.6) is 0 Å². The van der Waals surface area contributed by atoms with Crippen molar-refractivity contribution in [3.05, 3.63) is 60.2 Å². The highest BCUT2D eigenvalue weighted by Crippen LogP contribution is 2.21. The molecule has 1 aliphatic rings. The molecule has 27 heavy (non-hydrogen) atoms. The van der Waals surface area contributed by atoms with Crippen LogP contribution in [-0.2, 0) is 4.74 Å². The van der Waals surface area contributed by atoms with Crippen LogP contribution in [0.25, 0.3) is 11.1 Å². The molecule has 1 fully saturated rings. The molecule has 1 saturated heterocycles. The molecule has 5 nitrogen and oxygen atoms in total. The lowest BCUT2D eigenvalue weighted by Crippen LogP contribution is -2.46. The molecule has 0 unspecified atom stereocenters. The van der Waals surface area contributed by atoms with Gasteiger partial charge in [-0.3, -0.25) is 4.79 Å². The number of hydrogen-bond acceptors (Lipinski definition) is 3. The average Bonchev–Trinajstić information content (AvgIpc) is 2.73. The molecule has 6 heteroatoms. The molecule has 1 N–H and O–H groups in total. The highest BCUT2D eigenvalue weighted by Gasteiger charge is 2.24. The Balaban J connectivity index is 1.53. The fourth-order valence-electron chi connectivity index (χ4n) is 3.18. The molecule has 0 saturated carbocycles. The minimum Gasteiger partial charge on any atom is -0.448 e. The molecule has 0 spiro atoms. The topological polar surface area (TPSA) is 58.6 Å². The molecule has 2 aromatic rings. The summed E-state index contributed by atoms with van der Waals surface area (Å²) < 4.78 is 4.92. The first kappa shape index (κ1) is 19.2. The fourth-order valence-corrected chi connectivity index (χ4v) is 3.26. The van der Waals surface area contributed by atoms with Crippen molar-refractivity contribution >= 4 is 23.6 Å². The van der Waals surface area contributed by atoms with Gasteiger partial charge in [-0.25, -0.2) is 4.79 Å². The Morgan fingerprint density at radius 2 is 1.63 bits per heavy atom. The van der Waals surface area contributed by atoms with Crippen molar-refractivity contribution in [2.24, 2.45) is 0 Å². The first-order chi connectivity index (χ1) is 13.2. The minimum absolute atomic E-state index is 0.0253. The normalized spacial score (nSPS) is 14.6. The predicted octanol–water partition coefficient (Wildman–Crippen LogP) is 3.92. The number of carbonyl (C=O) groups excluding carboxylic acids is 2. The van der Waals surface area contributed by atoms with Gasteiger partial charge in [-0.15, -0.1) is 11.6 Å². The van der Waals surface area contributed by atoms with Crippen LogP contribution in [0, 0.1) is 0 Å². The summed E-state index contributed by atoms with van der Waals surface area (Å²) in [6.07, 6.45) is 0.977. The first-order valence-corrected chi connectivity index (χ1v) is 9.65. The van der Waals surface area contributed by atoms with Gasteiger partial charge in [0, 0.05) is 24.7 Å². The third-order valence-electron chi connectivity index (χ3n) is 4.65. The van der Waals surface area contributed by atoms with Gasteiger partial charge in [0.1, 0.15) is 6.61 Å². The third-order valence-corrected chi connectivity index (χ3v) is 4.81. The second kappa shape index (κ2) is 9.42. The zero-order valence-electron chi connectivity index (χ0n) is 15.1. The fraction of sp³-hybridized carbons (Fsp3) is 0.333. The van der Waals surface area contributed by atoms with E-state index in [-0.39, 0.29) is 24.4 Å². The Hall–Kier alpha value is -2.53. The lowest BCUT2D eigenvalue weighted by Gasteiger charge is -2.32. The van der Waals surface area contributed by atoms with Crippen molar-refractivity contribution in [2.75, 3.05) is 25.6 Å². The minimum atomic E-state index is -0.447. The van der Waals surface area contributed by atoms with Crippen molar-refractivity contribution in [3.63, 3.8) is 0 Å². The standard InChI is InChI=1S/C21H23ClN2O3/c22-12-15-27-21(26)23-19-10-13-24(14-11-19)20(25)18-8-6-17(7-9-18)16-4-2-1-3-5-16/h1-9,19H,10-15H2,(H,23,26). The third kappa shape index (κ3) is 5.23. The number of nitrogens with one attached hydrogen (secondary N) is 1. The summed E-state index contributed by atoms with van der Waals surface area (Å²) in [5.41, 5.74) is 2.90. The molecule has 0 aromatic heterocycles. The summed E-state index contributed by atoms with van der Waals surface area (Å²) in [4.78, 5) is 26.1. The predicted molar refractivity (Wildman–Crippen MR) is 106 cm³/mol. The molecular formula is C21H23ClN2O3. The van der Waals surface area contributed by atoms with E-state index < -0.39 is 6.09 Å². The van der Waals surface area contributed by atoms with E-state index in [2.05, 4.69) is 5.32 Å². The highest BCUT2D eigenvalue weighted by molar-refractivity contribution is 6.18. The zero-order chi connectivity index (χ0) is 19.1. The maximum atomic E-state index is 12.7. The van der Waals surface area contributed by atoms with Crippen LogP contribution in [0.2, 0.25) is 0 Å². The first-order valence-electron chi connectivity index (χ1n) is 9.11. The molecule has 1 aliphatic heterocycles. The van der Waals surface area contributed by atoms with Crippen molar-refractivity contribution < 1.29 is 14.3 Å². The molecule has 3 rings (SSSR count). The summed E-state index contributed by atoms with van der Waals surface area (Å²) in [6, 6.07) is 17.8. The summed E-state index contributed by atoms with van der Waals surface area (Å²) in [7, 11) is 0. The van der Waals surface area contributed by atoms with Gasteiger partial charge in [0.2, 0.25) is 0 Å². The second-order valence-corrected chi connectivity index (χ2v) is 6.86. The number of ether oxygens (including phenoxy) is 1. The largest absolute Gasteiger partial charge is 0.448 e. The molecule has 0 atom stereocenters. The van der Waals surface area contributed by atoms with Crippen LogP contribution < -0.4 is 5.32 Å². The van der Waals surface area contributed by atoms with Crippen LogP contribution in [0.4, 0.5) is 4.79 Å². The number of likely N-dealkylation sites (tertiary alicyclic amines) is 1. The maximum absolute atomic E-state index is 12.7.